The molecule has 6 nitrogen and oxygen atoms in total. The number of Topliss-reactive ketones (excluding diaryl/α,β-unsaturated/α-hetero) is 1. The Morgan fingerprint density at radius 1 is 1.21 bits per heavy atom. The molecule has 1 atom stereocenters. The summed E-state index contributed by atoms with van der Waals surface area (Å²) in [6.45, 7) is 10.6. The van der Waals surface area contributed by atoms with Crippen LogP contribution in [0.25, 0.3) is 0 Å². The van der Waals surface area contributed by atoms with Crippen LogP contribution in [0.2, 0.25) is 0 Å². The maximum absolute atomic E-state index is 13.4. The smallest absolute Gasteiger partial charge is 0.290 e. The van der Waals surface area contributed by atoms with Crippen LogP contribution in [-0.4, -0.2) is 57.8 Å². The lowest BCUT2D eigenvalue weighted by atomic mass is 9.95. The molecule has 2 aromatic rings. The predicted molar refractivity (Wildman–Crippen MR) is 114 cm³/mol. The fourth-order valence-electron chi connectivity index (χ4n) is 3.75. The summed E-state index contributed by atoms with van der Waals surface area (Å²) in [5.74, 6) is -1.26. The Hall–Kier alpha value is -2.51. The van der Waals surface area contributed by atoms with Crippen LogP contribution >= 0.6 is 11.3 Å². The van der Waals surface area contributed by atoms with Crippen molar-refractivity contribution >= 4 is 23.0 Å². The Morgan fingerprint density at radius 3 is 2.41 bits per heavy atom. The number of nitrogens with zero attached hydrogens (tertiary/aromatic N) is 3. The van der Waals surface area contributed by atoms with Gasteiger partial charge in [-0.25, -0.2) is 4.98 Å². The fourth-order valence-corrected chi connectivity index (χ4v) is 4.63. The zero-order chi connectivity index (χ0) is 21.1. The van der Waals surface area contributed by atoms with Gasteiger partial charge in [0.15, 0.2) is 5.76 Å². The maximum atomic E-state index is 13.4. The van der Waals surface area contributed by atoms with E-state index in [9.17, 15) is 14.7 Å². The molecule has 29 heavy (non-hydrogen) atoms. The van der Waals surface area contributed by atoms with Crippen LogP contribution < -0.4 is 0 Å². The highest BCUT2D eigenvalue weighted by molar-refractivity contribution is 7.14. The van der Waals surface area contributed by atoms with Gasteiger partial charge in [-0.3, -0.25) is 9.59 Å². The second-order valence-electron chi connectivity index (χ2n) is 7.08. The first-order valence-electron chi connectivity index (χ1n) is 9.89. The van der Waals surface area contributed by atoms with Gasteiger partial charge in [-0.2, -0.15) is 0 Å². The van der Waals surface area contributed by atoms with E-state index >= 15 is 0 Å². The molecule has 1 aromatic carbocycles. The van der Waals surface area contributed by atoms with Gasteiger partial charge in [-0.15, -0.1) is 11.3 Å². The number of benzene rings is 1. The first kappa shape index (κ1) is 21.2. The predicted octanol–water partition coefficient (Wildman–Crippen LogP) is 3.68. The molecule has 154 valence electrons. The van der Waals surface area contributed by atoms with Crippen molar-refractivity contribution in [1.82, 2.24) is 14.8 Å². The van der Waals surface area contributed by atoms with E-state index in [0.29, 0.717) is 23.7 Å². The monoisotopic (exact) mass is 413 g/mol. The number of aliphatic hydroxyl groups is 1. The number of amides is 1. The molecule has 2 heterocycles. The summed E-state index contributed by atoms with van der Waals surface area (Å²) in [6, 6.07) is 8.82. The van der Waals surface area contributed by atoms with Crippen molar-refractivity contribution in [3.63, 3.8) is 0 Å². The lowest BCUT2D eigenvalue weighted by Gasteiger charge is -2.29. The number of hydrogen-bond donors (Lipinski definition) is 1. The average molecular weight is 414 g/mol. The molecule has 1 amide bonds. The van der Waals surface area contributed by atoms with Crippen LogP contribution in [0.1, 0.15) is 45.8 Å². The lowest BCUT2D eigenvalue weighted by Crippen LogP contribution is -2.38. The van der Waals surface area contributed by atoms with E-state index in [1.54, 1.807) is 11.8 Å². The molecule has 1 N–H and O–H groups in total. The van der Waals surface area contributed by atoms with Gasteiger partial charge in [0.05, 0.1) is 27.2 Å². The minimum absolute atomic E-state index is 0.146. The summed E-state index contributed by atoms with van der Waals surface area (Å²) >= 11 is 1.29. The third-order valence-corrected chi connectivity index (χ3v) is 6.40. The summed E-state index contributed by atoms with van der Waals surface area (Å²) in [5.41, 5.74) is 1.58. The van der Waals surface area contributed by atoms with Crippen LogP contribution in [0.4, 0.5) is 0 Å². The van der Waals surface area contributed by atoms with Gasteiger partial charge in [-0.1, -0.05) is 44.2 Å². The second-order valence-corrected chi connectivity index (χ2v) is 8.28. The SMILES string of the molecule is CCN(CC)CCN1C(=O)C(O)=C(C(=O)c2sc(C)nc2C)[C@@H]1c1ccccc1. The third-order valence-electron chi connectivity index (χ3n) is 5.32. The van der Waals surface area contributed by atoms with E-state index in [-0.39, 0.29) is 11.4 Å². The third kappa shape index (κ3) is 4.11. The number of ketones is 1. The number of likely N-dealkylation sites (N-methyl/N-ethyl adjacent to an activating group) is 1. The number of hydrogen-bond acceptors (Lipinski definition) is 6. The Balaban J connectivity index is 2.02. The summed E-state index contributed by atoms with van der Waals surface area (Å²) in [4.78, 5) is 35.0. The number of carbonyl (C=O) groups is 2. The van der Waals surface area contributed by atoms with Crippen molar-refractivity contribution < 1.29 is 14.7 Å². The molecule has 0 saturated carbocycles. The van der Waals surface area contributed by atoms with Crippen molar-refractivity contribution in [2.75, 3.05) is 26.2 Å². The molecule has 0 bridgehead atoms. The van der Waals surface area contributed by atoms with Crippen LogP contribution in [0.5, 0.6) is 0 Å². The van der Waals surface area contributed by atoms with E-state index in [0.717, 1.165) is 23.7 Å². The second kappa shape index (κ2) is 8.88. The van der Waals surface area contributed by atoms with Crippen molar-refractivity contribution in [2.45, 2.75) is 33.7 Å². The number of thiazole rings is 1. The van der Waals surface area contributed by atoms with Crippen LogP contribution in [0.15, 0.2) is 41.7 Å². The summed E-state index contributed by atoms with van der Waals surface area (Å²) < 4.78 is 0. The Kier molecular flexibility index (Phi) is 6.49. The normalized spacial score (nSPS) is 16.9. The van der Waals surface area contributed by atoms with E-state index in [1.165, 1.54) is 11.3 Å². The molecule has 1 aromatic heterocycles. The molecular weight excluding hydrogens is 386 g/mol. The highest BCUT2D eigenvalue weighted by atomic mass is 32.1. The molecule has 0 spiro atoms. The number of aryl methyl sites for hydroxylation is 2. The van der Waals surface area contributed by atoms with Crippen molar-refractivity contribution in [2.24, 2.45) is 0 Å². The number of carbonyl (C=O) groups excluding carboxylic acids is 2. The number of aliphatic hydroxyl groups excluding tert-OH is 1. The van der Waals surface area contributed by atoms with Crippen molar-refractivity contribution in [3.8, 4) is 0 Å². The maximum Gasteiger partial charge on any atom is 0.290 e. The highest BCUT2D eigenvalue weighted by Crippen LogP contribution is 2.39. The van der Waals surface area contributed by atoms with Gasteiger partial charge in [-0.05, 0) is 32.5 Å². The topological polar surface area (TPSA) is 73.7 Å². The summed E-state index contributed by atoms with van der Waals surface area (Å²) in [7, 11) is 0. The van der Waals surface area contributed by atoms with E-state index < -0.39 is 17.7 Å². The van der Waals surface area contributed by atoms with Crippen molar-refractivity contribution in [1.29, 1.82) is 0 Å². The molecule has 0 radical (unpaired) electrons. The number of rotatable bonds is 8. The first-order valence-corrected chi connectivity index (χ1v) is 10.7. The summed E-state index contributed by atoms with van der Waals surface area (Å²) in [5, 5.41) is 11.5. The van der Waals surface area contributed by atoms with Crippen LogP contribution in [-0.2, 0) is 4.79 Å². The largest absolute Gasteiger partial charge is 0.503 e. The minimum atomic E-state index is -0.603. The Morgan fingerprint density at radius 2 is 1.86 bits per heavy atom. The standard InChI is InChI=1S/C22H27N3O3S/c1-5-24(6-2)12-13-25-18(16-10-8-7-9-11-16)17(20(27)22(25)28)19(26)21-14(3)23-15(4)29-21/h7-11,18,27H,5-6,12-13H2,1-4H3/t18-/m0/s1. The first-order chi connectivity index (χ1) is 13.9. The van der Waals surface area contributed by atoms with Crippen LogP contribution in [0, 0.1) is 13.8 Å². The quantitative estimate of drug-likeness (QED) is 0.668. The molecule has 0 fully saturated rings. The molecule has 0 unspecified atom stereocenters. The molecule has 0 aliphatic carbocycles. The Labute approximate surface area is 175 Å². The molecule has 3 rings (SSSR count). The average Bonchev–Trinajstić information content (AvgIpc) is 3.19. The van der Waals surface area contributed by atoms with Gasteiger partial charge in [0.25, 0.3) is 5.91 Å². The molecular formula is C22H27N3O3S. The minimum Gasteiger partial charge on any atom is -0.503 e. The van der Waals surface area contributed by atoms with Gasteiger partial charge in [0.1, 0.15) is 0 Å². The fraction of sp³-hybridized carbons (Fsp3) is 0.409. The molecule has 1 aliphatic rings. The van der Waals surface area contributed by atoms with Gasteiger partial charge in [0, 0.05) is 13.1 Å². The van der Waals surface area contributed by atoms with Crippen molar-refractivity contribution in [3.05, 3.63) is 62.8 Å². The van der Waals surface area contributed by atoms with Gasteiger partial charge >= 0.3 is 0 Å². The van der Waals surface area contributed by atoms with Gasteiger partial charge in [0.2, 0.25) is 5.78 Å². The Bertz CT molecular complexity index is 932. The zero-order valence-corrected chi connectivity index (χ0v) is 18.1. The van der Waals surface area contributed by atoms with Gasteiger partial charge < -0.3 is 14.9 Å². The molecule has 7 heteroatoms. The highest BCUT2D eigenvalue weighted by Gasteiger charge is 2.44. The zero-order valence-electron chi connectivity index (χ0n) is 17.3. The number of aromatic nitrogens is 1. The lowest BCUT2D eigenvalue weighted by molar-refractivity contribution is -0.129. The molecule has 1 aliphatic heterocycles. The van der Waals surface area contributed by atoms with Crippen LogP contribution in [0.3, 0.4) is 0 Å². The summed E-state index contributed by atoms with van der Waals surface area (Å²) in [6.07, 6.45) is 0. The van der Waals surface area contributed by atoms with E-state index in [4.69, 9.17) is 0 Å². The van der Waals surface area contributed by atoms with E-state index in [2.05, 4.69) is 23.7 Å². The van der Waals surface area contributed by atoms with E-state index in [1.807, 2.05) is 37.3 Å². The molecule has 0 saturated heterocycles.